The number of aromatic nitrogens is 4. The Labute approximate surface area is 504 Å². The number of benzene rings is 3. The van der Waals surface area contributed by atoms with E-state index in [1.54, 1.807) is 13.0 Å². The number of carbonyl (C=O) groups excluding carboxylic acids is 3. The highest BCUT2D eigenvalue weighted by Crippen LogP contribution is 2.48. The molecule has 4 saturated heterocycles. The fourth-order valence-corrected chi connectivity index (χ4v) is 15.1. The summed E-state index contributed by atoms with van der Waals surface area (Å²) in [6, 6.07) is 9.58. The molecule has 25 heteroatoms. The molecule has 7 aromatic rings. The number of alkyl halides is 1. The second-order valence-corrected chi connectivity index (χ2v) is 25.0. The minimum atomic E-state index is -2.04. The fourth-order valence-electron chi connectivity index (χ4n) is 13.9. The van der Waals surface area contributed by atoms with Crippen LogP contribution in [-0.4, -0.2) is 134 Å². The summed E-state index contributed by atoms with van der Waals surface area (Å²) >= 11 is 7.86. The molecule has 0 radical (unpaired) electrons. The van der Waals surface area contributed by atoms with Gasteiger partial charge in [-0.25, -0.2) is 32.1 Å². The number of esters is 1. The second kappa shape index (κ2) is 22.0. The molecule has 10 heterocycles. The van der Waals surface area contributed by atoms with Crippen LogP contribution in [0.2, 0.25) is 5.02 Å². The van der Waals surface area contributed by atoms with Crippen molar-refractivity contribution < 1.29 is 51.3 Å². The largest absolute Gasteiger partial charge is 0.461 e. The Balaban J connectivity index is 0.748. The molecule has 452 valence electrons. The Kier molecular flexibility index (Phi) is 14.7. The standard InChI is InChI=1S/C62H60ClF4N11O8S/c1-5-62(83)41-20-47-51-39(27-78(47)57(80)40(41)28-84-58(62)81)38(26-74-13-7-6-8-14-74)35-19-46(44(66)21-45(35)70-51)71-60(82)86-32(4)31(3)56(79)75-16-17-77(30(2)24-75)55-36-18-42(63)49(34-10-11-43(65)53-48(34)37(23-68)54(69)87-53)50(67)52(36)72-59(73-55)85-29-61-12-9-15-76(61)25-33(64)22-61/h10-11,18-21,30,32-33,83H,3,5-9,12-17,22,24-29,69H2,1-2,4H3,(H,71,82)/t30-,32+,33+,61-,62-/m0/s1. The zero-order valence-corrected chi connectivity index (χ0v) is 49.4. The number of cyclic esters (lactones) is 1. The van der Waals surface area contributed by atoms with Gasteiger partial charge in [-0.3, -0.25) is 24.7 Å². The zero-order chi connectivity index (χ0) is 61.1. The topological polar surface area (TPSA) is 235 Å². The molecule has 0 aliphatic carbocycles. The van der Waals surface area contributed by atoms with E-state index < -0.39 is 70.4 Å². The summed E-state index contributed by atoms with van der Waals surface area (Å²) in [5.74, 6) is -3.54. The van der Waals surface area contributed by atoms with Crippen LogP contribution in [0.25, 0.3) is 54.4 Å². The lowest BCUT2D eigenvalue weighted by Gasteiger charge is -2.41. The monoisotopic (exact) mass is 1230 g/mol. The number of halogens is 5. The number of amides is 2. The number of nitrogens with one attached hydrogen (secondary N) is 1. The van der Waals surface area contributed by atoms with Gasteiger partial charge < -0.3 is 39.4 Å². The highest BCUT2D eigenvalue weighted by molar-refractivity contribution is 7.23. The number of ether oxygens (including phenoxy) is 3. The van der Waals surface area contributed by atoms with Crippen LogP contribution >= 0.6 is 22.9 Å². The molecule has 2 amide bonds. The average molecular weight is 1230 g/mol. The van der Waals surface area contributed by atoms with E-state index in [-0.39, 0.29) is 146 Å². The summed E-state index contributed by atoms with van der Waals surface area (Å²) < 4.78 is 82.9. The third-order valence-corrected chi connectivity index (χ3v) is 19.8. The number of piperidine rings is 1. The van der Waals surface area contributed by atoms with Crippen molar-refractivity contribution in [3.8, 4) is 34.6 Å². The molecular weight excluding hydrogens is 1170 g/mol. The quantitative estimate of drug-likeness (QED) is 0.0587. The van der Waals surface area contributed by atoms with Crippen molar-refractivity contribution >= 4 is 89.3 Å². The number of anilines is 3. The normalized spacial score (nSPS) is 22.2. The number of likely N-dealkylation sites (tertiary alicyclic amines) is 1. The Hall–Kier alpha value is -7.95. The third-order valence-electron chi connectivity index (χ3n) is 18.5. The van der Waals surface area contributed by atoms with Gasteiger partial charge >= 0.3 is 18.1 Å². The van der Waals surface area contributed by atoms with Gasteiger partial charge in [0.1, 0.15) is 59.5 Å². The maximum Gasteiger partial charge on any atom is 0.412 e. The molecule has 6 aliphatic heterocycles. The van der Waals surface area contributed by atoms with E-state index in [0.717, 1.165) is 61.7 Å². The lowest BCUT2D eigenvalue weighted by molar-refractivity contribution is -0.172. The van der Waals surface area contributed by atoms with Gasteiger partial charge in [-0.2, -0.15) is 15.2 Å². The summed E-state index contributed by atoms with van der Waals surface area (Å²) in [4.78, 5) is 77.1. The van der Waals surface area contributed by atoms with Crippen molar-refractivity contribution in [2.24, 2.45) is 0 Å². The van der Waals surface area contributed by atoms with Crippen LogP contribution in [0.1, 0.15) is 93.5 Å². The highest BCUT2D eigenvalue weighted by Gasteiger charge is 2.50. The number of carbonyl (C=O) groups is 3. The van der Waals surface area contributed by atoms with Crippen molar-refractivity contribution in [1.29, 1.82) is 5.26 Å². The second-order valence-electron chi connectivity index (χ2n) is 23.6. The van der Waals surface area contributed by atoms with Crippen LogP contribution in [0.5, 0.6) is 6.01 Å². The Bertz CT molecular complexity index is 4230. The van der Waals surface area contributed by atoms with Gasteiger partial charge in [-0.05, 0) is 101 Å². The summed E-state index contributed by atoms with van der Waals surface area (Å²) in [6.07, 6.45) is 1.46. The summed E-state index contributed by atoms with van der Waals surface area (Å²) in [6.45, 7) is 12.1. The van der Waals surface area contributed by atoms with Gasteiger partial charge in [-0.15, -0.1) is 11.3 Å². The SMILES string of the molecule is C=C(C(=O)N1CCN(c2nc(OC[C@@]34CCCN3C[C@H](F)C4)nc3c(F)c(-c4ccc(F)c5sc(N)c(C#N)c45)c(Cl)cc23)[C@@H](C)C1)[C@@H](C)OC(=O)Nc1cc2c(CN3CCCCC3)c3c(nc2cc1F)-c1cc2c(c(=O)n1C3)COC(=O)[C@]2(O)CC. The number of fused-ring (bicyclic) bond motifs is 8. The van der Waals surface area contributed by atoms with E-state index in [2.05, 4.69) is 26.7 Å². The number of aliphatic hydroxyl groups is 1. The van der Waals surface area contributed by atoms with Crippen molar-refractivity contribution in [3.63, 3.8) is 0 Å². The number of nitrogens with zero attached hydrogens (tertiary/aromatic N) is 9. The first-order valence-electron chi connectivity index (χ1n) is 29.1. The maximum absolute atomic E-state index is 17.6. The van der Waals surface area contributed by atoms with Crippen molar-refractivity contribution in [1.82, 2.24) is 34.2 Å². The molecule has 4 aromatic heterocycles. The van der Waals surface area contributed by atoms with Crippen LogP contribution < -0.4 is 26.2 Å². The molecule has 0 bridgehead atoms. The highest BCUT2D eigenvalue weighted by atomic mass is 35.5. The summed E-state index contributed by atoms with van der Waals surface area (Å²) in [5.41, 5.74) is 5.35. The number of pyridine rings is 2. The van der Waals surface area contributed by atoms with Gasteiger partial charge in [-0.1, -0.05) is 37.6 Å². The van der Waals surface area contributed by atoms with E-state index in [4.69, 9.17) is 41.5 Å². The van der Waals surface area contributed by atoms with Crippen molar-refractivity contribution in [3.05, 3.63) is 109 Å². The first-order chi connectivity index (χ1) is 41.7. The number of nitriles is 1. The molecule has 13 rings (SSSR count). The Morgan fingerprint density at radius 1 is 1.02 bits per heavy atom. The molecule has 3 aromatic carbocycles. The van der Waals surface area contributed by atoms with Crippen molar-refractivity contribution in [2.45, 2.75) is 115 Å². The van der Waals surface area contributed by atoms with Gasteiger partial charge in [0.25, 0.3) is 11.5 Å². The molecule has 6 aliphatic rings. The van der Waals surface area contributed by atoms with E-state index in [9.17, 15) is 33.9 Å². The number of hydrogen-bond donors (Lipinski definition) is 3. The van der Waals surface area contributed by atoms with Gasteiger partial charge in [0.15, 0.2) is 11.4 Å². The smallest absolute Gasteiger partial charge is 0.412 e. The minimum absolute atomic E-state index is 0.0289. The molecule has 0 spiro atoms. The van der Waals surface area contributed by atoms with E-state index in [0.29, 0.717) is 41.8 Å². The van der Waals surface area contributed by atoms with E-state index >= 15 is 13.2 Å². The van der Waals surface area contributed by atoms with Gasteiger partial charge in [0.2, 0.25) is 0 Å². The number of hydrogen-bond acceptors (Lipinski definition) is 17. The summed E-state index contributed by atoms with van der Waals surface area (Å²) in [5, 5.41) is 24.8. The van der Waals surface area contributed by atoms with Crippen LogP contribution in [-0.2, 0) is 44.4 Å². The van der Waals surface area contributed by atoms with Crippen LogP contribution in [0, 0.1) is 28.8 Å². The molecule has 5 atom stereocenters. The molecule has 4 fully saturated rings. The first kappa shape index (κ1) is 58.1. The van der Waals surface area contributed by atoms with E-state index in [1.807, 2.05) is 17.9 Å². The predicted octanol–water partition coefficient (Wildman–Crippen LogP) is 9.60. The lowest BCUT2D eigenvalue weighted by Crippen LogP contribution is -2.54. The molecular formula is C62H60ClF4N11O8S. The third kappa shape index (κ3) is 9.67. The number of nitrogen functional groups attached to an aromatic ring is 1. The number of piperazine rings is 1. The lowest BCUT2D eigenvalue weighted by atomic mass is 9.86. The maximum atomic E-state index is 17.6. The molecule has 87 heavy (non-hydrogen) atoms. The fraction of sp³-hybridized carbons (Fsp3) is 0.419. The predicted molar refractivity (Wildman–Crippen MR) is 319 cm³/mol. The number of nitrogens with two attached hydrogens (primary N) is 1. The van der Waals surface area contributed by atoms with Gasteiger partial charge in [0, 0.05) is 84.1 Å². The van der Waals surface area contributed by atoms with Gasteiger partial charge in [0.05, 0.1) is 61.1 Å². The Morgan fingerprint density at radius 3 is 2.57 bits per heavy atom. The number of thiophene rings is 1. The first-order valence-corrected chi connectivity index (χ1v) is 30.3. The number of rotatable bonds is 12. The zero-order valence-electron chi connectivity index (χ0n) is 47.8. The summed E-state index contributed by atoms with van der Waals surface area (Å²) in [7, 11) is 0. The van der Waals surface area contributed by atoms with E-state index in [1.165, 1.54) is 40.7 Å². The Morgan fingerprint density at radius 2 is 1.82 bits per heavy atom. The molecule has 0 saturated carbocycles. The molecule has 4 N–H and O–H groups in total. The van der Waals surface area contributed by atoms with Crippen molar-refractivity contribution in [2.75, 3.05) is 68.4 Å². The average Bonchev–Trinajstić information content (AvgIpc) is 1.73. The van der Waals surface area contributed by atoms with Crippen LogP contribution in [0.4, 0.5) is 38.9 Å². The van der Waals surface area contributed by atoms with Crippen LogP contribution in [0.15, 0.2) is 53.3 Å². The van der Waals surface area contributed by atoms with Crippen LogP contribution in [0.3, 0.4) is 0 Å². The minimum Gasteiger partial charge on any atom is -0.461 e. The molecule has 19 nitrogen and oxygen atoms in total. The molecule has 0 unspecified atom stereocenters.